The van der Waals surface area contributed by atoms with E-state index in [4.69, 9.17) is 10.5 Å². The first-order chi connectivity index (χ1) is 9.40. The van der Waals surface area contributed by atoms with Gasteiger partial charge in [0, 0.05) is 0 Å². The van der Waals surface area contributed by atoms with E-state index < -0.39 is 5.97 Å². The summed E-state index contributed by atoms with van der Waals surface area (Å²) in [7, 11) is 0. The third-order valence-electron chi connectivity index (χ3n) is 2.82. The summed E-state index contributed by atoms with van der Waals surface area (Å²) in [5.41, 5.74) is 8.94. The van der Waals surface area contributed by atoms with Gasteiger partial charge in [-0.15, -0.1) is 5.10 Å². The summed E-state index contributed by atoms with van der Waals surface area (Å²) in [4.78, 5) is 11.8. The highest BCUT2D eigenvalue weighted by molar-refractivity contribution is 5.92. The van der Waals surface area contributed by atoms with Crippen LogP contribution in [0.15, 0.2) is 18.2 Å². The van der Waals surface area contributed by atoms with Crippen LogP contribution >= 0.6 is 0 Å². The largest absolute Gasteiger partial charge is 0.458 e. The molecule has 0 amide bonds. The maximum absolute atomic E-state index is 11.8. The molecule has 0 spiro atoms. The summed E-state index contributed by atoms with van der Waals surface area (Å²) in [5.74, 6) is -0.379. The standard InChI is InChI=1S/C14H18N4O2/c1-8(2)20-14(19)12-13(15)18(17-16-12)11-6-5-9(3)7-10(11)4/h5-8H,15H2,1-4H3. The van der Waals surface area contributed by atoms with Crippen LogP contribution in [0.5, 0.6) is 0 Å². The summed E-state index contributed by atoms with van der Waals surface area (Å²) in [6, 6.07) is 5.87. The molecule has 0 radical (unpaired) electrons. The number of nitrogens with two attached hydrogens (primary N) is 1. The number of aromatic nitrogens is 3. The monoisotopic (exact) mass is 274 g/mol. The maximum Gasteiger partial charge on any atom is 0.363 e. The number of carbonyl (C=O) groups is 1. The fourth-order valence-electron chi connectivity index (χ4n) is 1.93. The first-order valence-corrected chi connectivity index (χ1v) is 6.40. The summed E-state index contributed by atoms with van der Waals surface area (Å²) in [5, 5.41) is 7.77. The van der Waals surface area contributed by atoms with Crippen LogP contribution in [0.4, 0.5) is 5.82 Å². The molecular formula is C14H18N4O2. The van der Waals surface area contributed by atoms with E-state index in [1.165, 1.54) is 4.68 Å². The molecule has 0 unspecified atom stereocenters. The normalized spacial score (nSPS) is 10.8. The summed E-state index contributed by atoms with van der Waals surface area (Å²) in [6.45, 7) is 7.49. The molecule has 0 bridgehead atoms. The second kappa shape index (κ2) is 5.32. The number of benzene rings is 1. The van der Waals surface area contributed by atoms with Crippen molar-refractivity contribution in [3.8, 4) is 5.69 Å². The molecule has 1 heterocycles. The van der Waals surface area contributed by atoms with Crippen LogP contribution in [0.2, 0.25) is 0 Å². The molecule has 1 aromatic heterocycles. The fourth-order valence-corrected chi connectivity index (χ4v) is 1.93. The van der Waals surface area contributed by atoms with Gasteiger partial charge in [-0.1, -0.05) is 22.9 Å². The van der Waals surface area contributed by atoms with E-state index in [1.807, 2.05) is 32.0 Å². The fraction of sp³-hybridized carbons (Fsp3) is 0.357. The molecule has 2 aromatic rings. The van der Waals surface area contributed by atoms with Crippen LogP contribution in [0, 0.1) is 13.8 Å². The van der Waals surface area contributed by atoms with Crippen LogP contribution in [-0.4, -0.2) is 27.1 Å². The minimum atomic E-state index is -0.562. The van der Waals surface area contributed by atoms with Gasteiger partial charge in [-0.05, 0) is 39.3 Å². The topological polar surface area (TPSA) is 83.0 Å². The molecule has 0 fully saturated rings. The minimum absolute atomic E-state index is 0.0404. The quantitative estimate of drug-likeness (QED) is 0.866. The van der Waals surface area contributed by atoms with E-state index in [0.717, 1.165) is 16.8 Å². The van der Waals surface area contributed by atoms with Crippen molar-refractivity contribution in [1.82, 2.24) is 15.0 Å². The average molecular weight is 274 g/mol. The average Bonchev–Trinajstić information content (AvgIpc) is 2.70. The second-order valence-electron chi connectivity index (χ2n) is 4.98. The highest BCUT2D eigenvalue weighted by Crippen LogP contribution is 2.20. The van der Waals surface area contributed by atoms with Gasteiger partial charge >= 0.3 is 5.97 Å². The Labute approximate surface area is 117 Å². The van der Waals surface area contributed by atoms with Gasteiger partial charge in [0.1, 0.15) is 0 Å². The number of hydrogen-bond acceptors (Lipinski definition) is 5. The Morgan fingerprint density at radius 1 is 1.35 bits per heavy atom. The number of esters is 1. The van der Waals surface area contributed by atoms with Crippen LogP contribution in [-0.2, 0) is 4.74 Å². The zero-order valence-electron chi connectivity index (χ0n) is 12.0. The van der Waals surface area contributed by atoms with E-state index in [-0.39, 0.29) is 17.6 Å². The zero-order chi connectivity index (χ0) is 14.9. The molecule has 2 rings (SSSR count). The van der Waals surface area contributed by atoms with Gasteiger partial charge in [0.2, 0.25) is 5.69 Å². The molecular weight excluding hydrogens is 256 g/mol. The number of nitrogen functional groups attached to an aromatic ring is 1. The van der Waals surface area contributed by atoms with E-state index >= 15 is 0 Å². The number of aryl methyl sites for hydroxylation is 2. The molecule has 20 heavy (non-hydrogen) atoms. The Bertz CT molecular complexity index is 647. The van der Waals surface area contributed by atoms with Crippen molar-refractivity contribution in [1.29, 1.82) is 0 Å². The van der Waals surface area contributed by atoms with Crippen molar-refractivity contribution in [2.24, 2.45) is 0 Å². The molecule has 2 N–H and O–H groups in total. The number of hydrogen-bond donors (Lipinski definition) is 1. The third-order valence-corrected chi connectivity index (χ3v) is 2.82. The van der Waals surface area contributed by atoms with Crippen molar-refractivity contribution in [2.45, 2.75) is 33.8 Å². The second-order valence-corrected chi connectivity index (χ2v) is 4.98. The Balaban J connectivity index is 2.40. The van der Waals surface area contributed by atoms with Gasteiger partial charge < -0.3 is 10.5 Å². The highest BCUT2D eigenvalue weighted by Gasteiger charge is 2.21. The SMILES string of the molecule is Cc1ccc(-n2nnc(C(=O)OC(C)C)c2N)c(C)c1. The van der Waals surface area contributed by atoms with Crippen LogP contribution in [0.25, 0.3) is 5.69 Å². The minimum Gasteiger partial charge on any atom is -0.458 e. The summed E-state index contributed by atoms with van der Waals surface area (Å²) < 4.78 is 6.53. The first-order valence-electron chi connectivity index (χ1n) is 6.40. The molecule has 6 heteroatoms. The zero-order valence-corrected chi connectivity index (χ0v) is 12.0. The molecule has 0 saturated heterocycles. The Kier molecular flexibility index (Phi) is 3.74. The smallest absolute Gasteiger partial charge is 0.363 e. The van der Waals surface area contributed by atoms with Gasteiger partial charge in [-0.2, -0.15) is 4.68 Å². The molecule has 0 atom stereocenters. The predicted molar refractivity (Wildman–Crippen MR) is 75.8 cm³/mol. The lowest BCUT2D eigenvalue weighted by molar-refractivity contribution is 0.0372. The molecule has 0 saturated carbocycles. The maximum atomic E-state index is 11.8. The number of carbonyl (C=O) groups excluding carboxylic acids is 1. The van der Waals surface area contributed by atoms with Crippen molar-refractivity contribution in [3.05, 3.63) is 35.0 Å². The van der Waals surface area contributed by atoms with Gasteiger partial charge in [-0.25, -0.2) is 4.79 Å². The first kappa shape index (κ1) is 14.0. The van der Waals surface area contributed by atoms with Gasteiger partial charge in [-0.3, -0.25) is 0 Å². The van der Waals surface area contributed by atoms with Crippen molar-refractivity contribution in [2.75, 3.05) is 5.73 Å². The van der Waals surface area contributed by atoms with Gasteiger partial charge in [0.25, 0.3) is 0 Å². The number of rotatable bonds is 3. The van der Waals surface area contributed by atoms with Crippen molar-refractivity contribution in [3.63, 3.8) is 0 Å². The third kappa shape index (κ3) is 2.64. The lowest BCUT2D eigenvalue weighted by Gasteiger charge is -2.08. The van der Waals surface area contributed by atoms with Crippen molar-refractivity contribution < 1.29 is 9.53 Å². The number of anilines is 1. The molecule has 6 nitrogen and oxygen atoms in total. The summed E-state index contributed by atoms with van der Waals surface area (Å²) in [6.07, 6.45) is -0.229. The van der Waals surface area contributed by atoms with E-state index in [1.54, 1.807) is 13.8 Å². The molecule has 106 valence electrons. The van der Waals surface area contributed by atoms with Crippen LogP contribution in [0.3, 0.4) is 0 Å². The van der Waals surface area contributed by atoms with Crippen LogP contribution < -0.4 is 5.73 Å². The summed E-state index contributed by atoms with van der Waals surface area (Å²) >= 11 is 0. The van der Waals surface area contributed by atoms with E-state index in [9.17, 15) is 4.79 Å². The lowest BCUT2D eigenvalue weighted by atomic mass is 10.1. The van der Waals surface area contributed by atoms with Crippen molar-refractivity contribution >= 4 is 11.8 Å². The van der Waals surface area contributed by atoms with Gasteiger partial charge in [0.05, 0.1) is 11.8 Å². The van der Waals surface area contributed by atoms with E-state index in [0.29, 0.717) is 0 Å². The Morgan fingerprint density at radius 3 is 2.65 bits per heavy atom. The van der Waals surface area contributed by atoms with Gasteiger partial charge in [0.15, 0.2) is 5.82 Å². The molecule has 1 aromatic carbocycles. The van der Waals surface area contributed by atoms with E-state index in [2.05, 4.69) is 10.3 Å². The predicted octanol–water partition coefficient (Wildman–Crippen LogP) is 2.03. The number of ether oxygens (including phenoxy) is 1. The Morgan fingerprint density at radius 2 is 2.05 bits per heavy atom. The molecule has 0 aliphatic carbocycles. The number of nitrogens with zero attached hydrogens (tertiary/aromatic N) is 3. The Hall–Kier alpha value is -2.37. The lowest BCUT2D eigenvalue weighted by Crippen LogP contribution is -2.14. The molecule has 0 aliphatic rings. The van der Waals surface area contributed by atoms with Crippen LogP contribution in [0.1, 0.15) is 35.5 Å². The molecule has 0 aliphatic heterocycles. The highest BCUT2D eigenvalue weighted by atomic mass is 16.5.